The topological polar surface area (TPSA) is 154 Å². The molecule has 0 atom stereocenters. The Morgan fingerprint density at radius 1 is 0.837 bits per heavy atom. The number of hydrogen-bond donors (Lipinski definition) is 2. The minimum Gasteiger partial charge on any atom is -0.495 e. The molecule has 1 aromatic carbocycles. The smallest absolute Gasteiger partial charge is 0.254 e. The van der Waals surface area contributed by atoms with Gasteiger partial charge in [0.2, 0.25) is 11.9 Å². The molecule has 1 aromatic heterocycles. The number of nitrogens with one attached hydrogen (secondary N) is 2. The lowest BCUT2D eigenvalue weighted by atomic mass is 10.0. The Kier molecular flexibility index (Phi) is 16.0. The van der Waals surface area contributed by atoms with Gasteiger partial charge >= 0.3 is 0 Å². The first-order chi connectivity index (χ1) is 23.9. The molecule has 1 saturated carbocycles. The molecule has 2 N–H and O–H groups in total. The van der Waals surface area contributed by atoms with Gasteiger partial charge in [0.1, 0.15) is 17.4 Å². The third-order valence-electron chi connectivity index (χ3n) is 8.70. The van der Waals surface area contributed by atoms with Gasteiger partial charge in [-0.3, -0.25) is 14.4 Å². The van der Waals surface area contributed by atoms with Gasteiger partial charge in [0, 0.05) is 62.9 Å². The fraction of sp³-hybridized carbons (Fsp3) is 0.629. The lowest BCUT2D eigenvalue weighted by Crippen LogP contribution is -2.50. The number of carbonyl (C=O) groups is 3. The molecule has 4 rings (SSSR count). The van der Waals surface area contributed by atoms with Crippen LogP contribution < -0.4 is 15.4 Å². The largest absolute Gasteiger partial charge is 0.495 e. The second-order valence-electron chi connectivity index (χ2n) is 12.1. The number of nitrogens with zero attached hydrogens (tertiary/aromatic N) is 4. The SMILES string of the molecule is CNc1nc(Nc2ccc(C(=O)N3CCN(C(=O)CCOCCOCCOCCOCCC(=O)C4CCCC4)CC3)cc2OC)ncc1C. The fourth-order valence-corrected chi connectivity index (χ4v) is 5.85. The van der Waals surface area contributed by atoms with Crippen molar-refractivity contribution in [2.75, 3.05) is 104 Å². The van der Waals surface area contributed by atoms with Gasteiger partial charge in [0.05, 0.1) is 72.1 Å². The molecule has 14 nitrogen and oxygen atoms in total. The number of amides is 2. The van der Waals surface area contributed by atoms with E-state index in [9.17, 15) is 14.4 Å². The summed E-state index contributed by atoms with van der Waals surface area (Å²) in [6.45, 7) is 7.13. The summed E-state index contributed by atoms with van der Waals surface area (Å²) in [7, 11) is 3.34. The van der Waals surface area contributed by atoms with E-state index in [1.165, 1.54) is 12.8 Å². The summed E-state index contributed by atoms with van der Waals surface area (Å²) in [5, 5.41) is 6.19. The zero-order valence-corrected chi connectivity index (χ0v) is 29.2. The van der Waals surface area contributed by atoms with E-state index >= 15 is 0 Å². The van der Waals surface area contributed by atoms with Gasteiger partial charge in [-0.2, -0.15) is 4.98 Å². The minimum absolute atomic E-state index is 0.00314. The van der Waals surface area contributed by atoms with E-state index in [-0.39, 0.29) is 24.2 Å². The second-order valence-corrected chi connectivity index (χ2v) is 12.1. The maximum Gasteiger partial charge on any atom is 0.254 e. The van der Waals surface area contributed by atoms with Gasteiger partial charge in [-0.15, -0.1) is 0 Å². The number of anilines is 3. The normalized spacial score (nSPS) is 15.0. The van der Waals surface area contributed by atoms with Crippen molar-refractivity contribution in [2.45, 2.75) is 45.4 Å². The number of ether oxygens (including phenoxy) is 5. The fourth-order valence-electron chi connectivity index (χ4n) is 5.85. The Bertz CT molecular complexity index is 1350. The van der Waals surface area contributed by atoms with Gasteiger partial charge in [0.25, 0.3) is 5.91 Å². The number of aryl methyl sites for hydroxylation is 1. The maximum absolute atomic E-state index is 13.3. The summed E-state index contributed by atoms with van der Waals surface area (Å²) in [6, 6.07) is 5.21. The van der Waals surface area contributed by atoms with Crippen LogP contribution in [0, 0.1) is 12.8 Å². The van der Waals surface area contributed by atoms with E-state index in [0.717, 1.165) is 24.2 Å². The number of benzene rings is 1. The molecule has 14 heteroatoms. The number of piperazine rings is 1. The lowest BCUT2D eigenvalue weighted by molar-refractivity contribution is -0.134. The summed E-state index contributed by atoms with van der Waals surface area (Å²) < 4.78 is 27.6. The molecule has 2 fully saturated rings. The molecule has 49 heavy (non-hydrogen) atoms. The molecule has 1 aliphatic heterocycles. The molecular weight excluding hydrogens is 632 g/mol. The monoisotopic (exact) mass is 684 g/mol. The van der Waals surface area contributed by atoms with Crippen molar-refractivity contribution in [3.8, 4) is 5.75 Å². The predicted octanol–water partition coefficient (Wildman–Crippen LogP) is 3.47. The van der Waals surface area contributed by atoms with Crippen LogP contribution in [-0.4, -0.2) is 131 Å². The predicted molar refractivity (Wildman–Crippen MR) is 185 cm³/mol. The van der Waals surface area contributed by atoms with Crippen LogP contribution in [0.25, 0.3) is 0 Å². The molecule has 270 valence electrons. The molecular formula is C35H52N6O8. The Labute approximate surface area is 289 Å². The Morgan fingerprint density at radius 3 is 2.04 bits per heavy atom. The third-order valence-corrected chi connectivity index (χ3v) is 8.70. The molecule has 2 aliphatic rings. The van der Waals surface area contributed by atoms with Gasteiger partial charge in [-0.25, -0.2) is 4.98 Å². The number of ketones is 1. The van der Waals surface area contributed by atoms with E-state index in [0.29, 0.717) is 114 Å². The summed E-state index contributed by atoms with van der Waals surface area (Å²) in [5.74, 6) is 2.09. The molecule has 0 spiro atoms. The van der Waals surface area contributed by atoms with E-state index in [2.05, 4.69) is 20.6 Å². The van der Waals surface area contributed by atoms with Gasteiger partial charge in [0.15, 0.2) is 0 Å². The number of hydrogen-bond acceptors (Lipinski definition) is 12. The molecule has 1 aliphatic carbocycles. The van der Waals surface area contributed by atoms with Crippen LogP contribution in [0.2, 0.25) is 0 Å². The number of Topliss-reactive ketones (excluding diaryl/α,β-unsaturated/α-hetero) is 1. The van der Waals surface area contributed by atoms with Crippen molar-refractivity contribution in [2.24, 2.45) is 5.92 Å². The van der Waals surface area contributed by atoms with Crippen molar-refractivity contribution in [1.82, 2.24) is 19.8 Å². The average Bonchev–Trinajstić information content (AvgIpc) is 3.68. The third kappa shape index (κ3) is 12.2. The van der Waals surface area contributed by atoms with Crippen molar-refractivity contribution >= 4 is 35.1 Å². The van der Waals surface area contributed by atoms with Crippen LogP contribution >= 0.6 is 0 Å². The van der Waals surface area contributed by atoms with Crippen LogP contribution in [0.15, 0.2) is 24.4 Å². The summed E-state index contributed by atoms with van der Waals surface area (Å²) in [4.78, 5) is 50.3. The molecule has 0 bridgehead atoms. The highest BCUT2D eigenvalue weighted by atomic mass is 16.6. The summed E-state index contributed by atoms with van der Waals surface area (Å²) in [6.07, 6.45) is 6.90. The Morgan fingerprint density at radius 2 is 1.43 bits per heavy atom. The molecule has 2 aromatic rings. The first-order valence-corrected chi connectivity index (χ1v) is 17.3. The zero-order chi connectivity index (χ0) is 34.8. The van der Waals surface area contributed by atoms with E-state index in [4.69, 9.17) is 23.7 Å². The highest BCUT2D eigenvalue weighted by Crippen LogP contribution is 2.29. The second kappa shape index (κ2) is 20.6. The summed E-state index contributed by atoms with van der Waals surface area (Å²) in [5.41, 5.74) is 2.06. The minimum atomic E-state index is -0.120. The van der Waals surface area contributed by atoms with E-state index in [1.54, 1.807) is 48.4 Å². The lowest BCUT2D eigenvalue weighted by Gasteiger charge is -2.35. The van der Waals surface area contributed by atoms with Gasteiger partial charge in [-0.1, -0.05) is 12.8 Å². The molecule has 2 amide bonds. The highest BCUT2D eigenvalue weighted by Gasteiger charge is 2.25. The van der Waals surface area contributed by atoms with Gasteiger partial charge < -0.3 is 44.1 Å². The Hall–Kier alpha value is -3.85. The van der Waals surface area contributed by atoms with Crippen LogP contribution in [0.3, 0.4) is 0 Å². The summed E-state index contributed by atoms with van der Waals surface area (Å²) >= 11 is 0. The standard InChI is InChI=1S/C35H52N6O8/c1-26-25-37-35(39-33(26)36-2)38-29-9-8-28(24-31(29)45-3)34(44)41-14-12-40(13-15-41)32(43)11-17-47-19-21-49-23-22-48-20-18-46-16-10-30(42)27-6-4-5-7-27/h8-9,24-25,27H,4-7,10-23H2,1-3H3,(H2,36,37,38,39). The highest BCUT2D eigenvalue weighted by molar-refractivity contribution is 5.95. The zero-order valence-electron chi connectivity index (χ0n) is 29.2. The first-order valence-electron chi connectivity index (χ1n) is 17.3. The maximum atomic E-state index is 13.3. The molecule has 1 saturated heterocycles. The van der Waals surface area contributed by atoms with Crippen molar-refractivity contribution < 1.29 is 38.1 Å². The quantitative estimate of drug-likeness (QED) is 0.185. The van der Waals surface area contributed by atoms with Crippen LogP contribution in [0.4, 0.5) is 17.5 Å². The first kappa shape index (κ1) is 38.0. The number of rotatable bonds is 21. The molecule has 2 heterocycles. The van der Waals surface area contributed by atoms with Crippen molar-refractivity contribution in [3.05, 3.63) is 35.5 Å². The number of aromatic nitrogens is 2. The van der Waals surface area contributed by atoms with Gasteiger partial charge in [-0.05, 0) is 38.0 Å². The van der Waals surface area contributed by atoms with Crippen LogP contribution in [-0.2, 0) is 28.5 Å². The van der Waals surface area contributed by atoms with Crippen molar-refractivity contribution in [1.29, 1.82) is 0 Å². The number of carbonyl (C=O) groups excluding carboxylic acids is 3. The van der Waals surface area contributed by atoms with E-state index < -0.39 is 0 Å². The number of methoxy groups -OCH3 is 1. The molecule has 0 unspecified atom stereocenters. The Balaban J connectivity index is 1.02. The van der Waals surface area contributed by atoms with Crippen molar-refractivity contribution in [3.63, 3.8) is 0 Å². The van der Waals surface area contributed by atoms with Crippen LogP contribution in [0.5, 0.6) is 5.75 Å². The molecule has 0 radical (unpaired) electrons. The average molecular weight is 685 g/mol. The van der Waals surface area contributed by atoms with Crippen LogP contribution in [0.1, 0.15) is 54.4 Å². The van der Waals surface area contributed by atoms with E-state index in [1.807, 2.05) is 6.92 Å².